The molecule has 0 aliphatic heterocycles. The molecule has 2 saturated carbocycles. The van der Waals surface area contributed by atoms with Crippen molar-refractivity contribution in [3.05, 3.63) is 22.3 Å². The van der Waals surface area contributed by atoms with Gasteiger partial charge < -0.3 is 0 Å². The lowest BCUT2D eigenvalue weighted by Gasteiger charge is -2.47. The van der Waals surface area contributed by atoms with Crippen molar-refractivity contribution >= 4 is 0 Å². The van der Waals surface area contributed by atoms with Crippen molar-refractivity contribution < 1.29 is 0 Å². The molecule has 0 nitrogen and oxygen atoms in total. The van der Waals surface area contributed by atoms with Gasteiger partial charge in [0.1, 0.15) is 0 Å². The zero-order valence-electron chi connectivity index (χ0n) is 20.5. The van der Waals surface area contributed by atoms with Crippen LogP contribution in [-0.2, 0) is 0 Å². The minimum atomic E-state index is 0.297. The normalized spacial score (nSPS) is 47.2. The van der Waals surface area contributed by atoms with E-state index in [4.69, 9.17) is 0 Å². The van der Waals surface area contributed by atoms with Crippen LogP contribution in [0.15, 0.2) is 22.3 Å². The molecule has 0 spiro atoms. The summed E-state index contributed by atoms with van der Waals surface area (Å²) in [5, 5.41) is 0. The van der Waals surface area contributed by atoms with Crippen LogP contribution in [0.5, 0.6) is 0 Å². The van der Waals surface area contributed by atoms with E-state index >= 15 is 0 Å². The summed E-state index contributed by atoms with van der Waals surface area (Å²) in [7, 11) is 0. The lowest BCUT2D eigenvalue weighted by molar-refractivity contribution is 0.0122. The van der Waals surface area contributed by atoms with Gasteiger partial charge in [0.2, 0.25) is 0 Å². The molecule has 27 heavy (non-hydrogen) atoms. The zero-order valence-corrected chi connectivity index (χ0v) is 20.5. The third kappa shape index (κ3) is 2.47. The Hall–Kier alpha value is -0.520. The van der Waals surface area contributed by atoms with Gasteiger partial charge in [-0.3, -0.25) is 0 Å². The van der Waals surface area contributed by atoms with Gasteiger partial charge in [-0.05, 0) is 83.7 Å². The first-order chi connectivity index (χ1) is 12.1. The summed E-state index contributed by atoms with van der Waals surface area (Å²) in [6.07, 6.45) is 0. The van der Waals surface area contributed by atoms with Crippen LogP contribution in [0.4, 0.5) is 0 Å². The molecule has 8 atom stereocenters. The van der Waals surface area contributed by atoms with Gasteiger partial charge in [-0.1, -0.05) is 80.4 Å². The first-order valence-electron chi connectivity index (χ1n) is 11.5. The van der Waals surface area contributed by atoms with E-state index in [1.54, 1.807) is 22.3 Å². The number of fused-ring (bicyclic) bond motifs is 1. The van der Waals surface area contributed by atoms with Gasteiger partial charge in [0, 0.05) is 5.92 Å². The predicted octanol–water partition coefficient (Wildman–Crippen LogP) is 8.15. The van der Waals surface area contributed by atoms with E-state index < -0.39 is 0 Å². The SMILES string of the molecule is CC1=C(C)C2C(=C1C)C(C)(C)C(C)C2(C)C1C(C)C(C)C(C(C)(C)C)C1C. The van der Waals surface area contributed by atoms with Crippen molar-refractivity contribution in [2.75, 3.05) is 0 Å². The first kappa shape index (κ1) is 21.2. The van der Waals surface area contributed by atoms with Crippen LogP contribution in [-0.4, -0.2) is 0 Å². The fourth-order valence-electron chi connectivity index (χ4n) is 9.07. The van der Waals surface area contributed by atoms with Gasteiger partial charge in [0.25, 0.3) is 0 Å². The average Bonchev–Trinajstić information content (AvgIpc) is 2.97. The number of hydrogen-bond acceptors (Lipinski definition) is 0. The quantitative estimate of drug-likeness (QED) is 0.437. The van der Waals surface area contributed by atoms with Crippen LogP contribution in [0.2, 0.25) is 0 Å². The van der Waals surface area contributed by atoms with Gasteiger partial charge >= 0.3 is 0 Å². The highest BCUT2D eigenvalue weighted by Gasteiger charge is 2.66. The topological polar surface area (TPSA) is 0 Å². The predicted molar refractivity (Wildman–Crippen MR) is 120 cm³/mol. The van der Waals surface area contributed by atoms with Gasteiger partial charge in [-0.15, -0.1) is 0 Å². The molecule has 0 aromatic carbocycles. The molecule has 3 aliphatic carbocycles. The van der Waals surface area contributed by atoms with Crippen molar-refractivity contribution in [1.29, 1.82) is 0 Å². The zero-order chi connectivity index (χ0) is 20.9. The monoisotopic (exact) mass is 370 g/mol. The molecule has 0 heterocycles. The van der Waals surface area contributed by atoms with Crippen LogP contribution in [0.3, 0.4) is 0 Å². The average molecular weight is 371 g/mol. The summed E-state index contributed by atoms with van der Waals surface area (Å²) >= 11 is 0. The van der Waals surface area contributed by atoms with E-state index in [-0.39, 0.29) is 0 Å². The Bertz CT molecular complexity index is 694. The Balaban J connectivity index is 2.19. The van der Waals surface area contributed by atoms with Gasteiger partial charge in [-0.25, -0.2) is 0 Å². The molecule has 0 heteroatoms. The maximum absolute atomic E-state index is 2.68. The molecule has 0 bridgehead atoms. The van der Waals surface area contributed by atoms with E-state index in [9.17, 15) is 0 Å². The Kier molecular flexibility index (Phi) is 4.70. The largest absolute Gasteiger partial charge is 0.0624 e. The molecule has 3 rings (SSSR count). The maximum atomic E-state index is 2.68. The summed E-state index contributed by atoms with van der Waals surface area (Å²) in [4.78, 5) is 0. The highest BCUT2D eigenvalue weighted by Crippen LogP contribution is 2.73. The number of rotatable bonds is 1. The second-order valence-corrected chi connectivity index (χ2v) is 12.6. The molecule has 0 N–H and O–H groups in total. The summed E-state index contributed by atoms with van der Waals surface area (Å²) in [5.74, 6) is 5.35. The molecule has 0 aromatic rings. The van der Waals surface area contributed by atoms with Crippen molar-refractivity contribution in [2.24, 2.45) is 57.7 Å². The smallest absolute Gasteiger partial charge is 0.00808 e. The van der Waals surface area contributed by atoms with Gasteiger partial charge in [-0.2, -0.15) is 0 Å². The minimum absolute atomic E-state index is 0.297. The fourth-order valence-corrected chi connectivity index (χ4v) is 9.07. The maximum Gasteiger partial charge on any atom is 0.00808 e. The Labute approximate surface area is 170 Å². The van der Waals surface area contributed by atoms with Crippen LogP contribution in [0.1, 0.15) is 90.0 Å². The minimum Gasteiger partial charge on any atom is -0.0624 e. The van der Waals surface area contributed by atoms with E-state index in [1.807, 2.05) is 0 Å². The molecular weight excluding hydrogens is 324 g/mol. The van der Waals surface area contributed by atoms with Crippen LogP contribution in [0, 0.1) is 57.7 Å². The molecule has 0 radical (unpaired) electrons. The molecule has 0 saturated heterocycles. The van der Waals surface area contributed by atoms with Crippen molar-refractivity contribution in [3.8, 4) is 0 Å². The highest BCUT2D eigenvalue weighted by molar-refractivity contribution is 5.54. The molecule has 0 aromatic heterocycles. The molecule has 154 valence electrons. The third-order valence-electron chi connectivity index (χ3n) is 10.4. The van der Waals surface area contributed by atoms with Crippen molar-refractivity contribution in [2.45, 2.75) is 90.0 Å². The second-order valence-electron chi connectivity index (χ2n) is 12.6. The fraction of sp³-hybridized carbons (Fsp3) is 0.852. The highest BCUT2D eigenvalue weighted by atomic mass is 14.7. The Morgan fingerprint density at radius 2 is 1.26 bits per heavy atom. The Morgan fingerprint density at radius 3 is 1.70 bits per heavy atom. The molecular formula is C27H46. The standard InChI is InChI=1S/C27H46/c1-14-15(2)23-24(16(14)3)27(13,20(7)26(23,11)12)22-18(5)17(4)21(19(22)6)25(8,9)10/h17-22,24H,1-13H3. The van der Waals surface area contributed by atoms with Crippen LogP contribution >= 0.6 is 0 Å². The molecule has 8 unspecified atom stereocenters. The summed E-state index contributed by atoms with van der Waals surface area (Å²) in [6.45, 7) is 32.7. The van der Waals surface area contributed by atoms with E-state index in [2.05, 4.69) is 90.0 Å². The van der Waals surface area contributed by atoms with Crippen molar-refractivity contribution in [1.82, 2.24) is 0 Å². The number of allylic oxidation sites excluding steroid dienone is 4. The summed E-state index contributed by atoms with van der Waals surface area (Å²) in [6, 6.07) is 0. The van der Waals surface area contributed by atoms with Crippen molar-refractivity contribution in [3.63, 3.8) is 0 Å². The molecule has 2 fully saturated rings. The molecule has 3 aliphatic rings. The lowest BCUT2D eigenvalue weighted by Crippen LogP contribution is -2.43. The van der Waals surface area contributed by atoms with Crippen LogP contribution in [0.25, 0.3) is 0 Å². The second kappa shape index (κ2) is 5.99. The summed E-state index contributed by atoms with van der Waals surface area (Å²) < 4.78 is 0. The van der Waals surface area contributed by atoms with Gasteiger partial charge in [0.15, 0.2) is 0 Å². The van der Waals surface area contributed by atoms with E-state index in [0.29, 0.717) is 28.1 Å². The van der Waals surface area contributed by atoms with E-state index in [0.717, 1.165) is 29.6 Å². The Morgan fingerprint density at radius 1 is 0.741 bits per heavy atom. The first-order valence-corrected chi connectivity index (χ1v) is 11.5. The number of hydrogen-bond donors (Lipinski definition) is 0. The lowest BCUT2D eigenvalue weighted by atomic mass is 9.56. The summed E-state index contributed by atoms with van der Waals surface area (Å²) in [5.41, 5.74) is 7.69. The van der Waals surface area contributed by atoms with E-state index in [1.165, 1.54) is 0 Å². The van der Waals surface area contributed by atoms with Gasteiger partial charge in [0.05, 0.1) is 0 Å². The van der Waals surface area contributed by atoms with Crippen LogP contribution < -0.4 is 0 Å². The molecule has 0 amide bonds. The third-order valence-corrected chi connectivity index (χ3v) is 10.4.